The molecule has 2 aromatic carbocycles. The molecular weight excluding hydrogens is 349 g/mol. The summed E-state index contributed by atoms with van der Waals surface area (Å²) in [6, 6.07) is 14.4. The van der Waals surface area contributed by atoms with Crippen LogP contribution in [0, 0.1) is 5.82 Å². The van der Waals surface area contributed by atoms with Gasteiger partial charge in [-0.25, -0.2) is 4.39 Å². The van der Waals surface area contributed by atoms with Crippen LogP contribution >= 0.6 is 11.8 Å². The molecule has 0 spiro atoms. The highest BCUT2D eigenvalue weighted by Crippen LogP contribution is 2.25. The van der Waals surface area contributed by atoms with E-state index in [-0.39, 0.29) is 17.8 Å². The number of benzene rings is 2. The van der Waals surface area contributed by atoms with Crippen LogP contribution in [0.5, 0.6) is 0 Å². The Morgan fingerprint density at radius 2 is 1.73 bits per heavy atom. The van der Waals surface area contributed by atoms with Gasteiger partial charge in [-0.15, -0.1) is 11.8 Å². The molecule has 1 aliphatic rings. The Hall–Kier alpha value is -2.05. The summed E-state index contributed by atoms with van der Waals surface area (Å²) < 4.78 is 14.0. The number of thioether (sulfide) groups is 1. The highest BCUT2D eigenvalue weighted by atomic mass is 32.2. The Bertz CT molecular complexity index is 762. The van der Waals surface area contributed by atoms with E-state index in [1.807, 2.05) is 48.4 Å². The summed E-state index contributed by atoms with van der Waals surface area (Å²) >= 11 is 1.61. The number of halogens is 1. The van der Waals surface area contributed by atoms with Crippen molar-refractivity contribution in [2.75, 3.05) is 42.7 Å². The molecule has 0 aliphatic carbocycles. The molecule has 1 atom stereocenters. The first kappa shape index (κ1) is 18.7. The van der Waals surface area contributed by atoms with Crippen molar-refractivity contribution >= 4 is 29.0 Å². The van der Waals surface area contributed by atoms with E-state index in [1.54, 1.807) is 23.9 Å². The molecule has 0 saturated carbocycles. The molecule has 1 N–H and O–H groups in total. The third kappa shape index (κ3) is 4.19. The number of anilines is 2. The van der Waals surface area contributed by atoms with Gasteiger partial charge in [0.05, 0.1) is 17.4 Å². The molecule has 0 bridgehead atoms. The molecule has 1 amide bonds. The molecule has 0 unspecified atom stereocenters. The zero-order valence-corrected chi connectivity index (χ0v) is 15.9. The van der Waals surface area contributed by atoms with E-state index in [0.29, 0.717) is 18.8 Å². The topological polar surface area (TPSA) is 35.6 Å². The normalized spacial score (nSPS) is 16.3. The van der Waals surface area contributed by atoms with Crippen LogP contribution in [0.2, 0.25) is 0 Å². The SMILES string of the molecule is CSc1ccccc1NC(=O)[C@H](C)N1CCN(c2ccccc2F)CC1. The second-order valence-electron chi connectivity index (χ2n) is 6.34. The van der Waals surface area contributed by atoms with E-state index in [1.165, 1.54) is 6.07 Å². The summed E-state index contributed by atoms with van der Waals surface area (Å²) in [5, 5.41) is 3.04. The van der Waals surface area contributed by atoms with Crippen LogP contribution < -0.4 is 10.2 Å². The van der Waals surface area contributed by atoms with Gasteiger partial charge < -0.3 is 10.2 Å². The van der Waals surface area contributed by atoms with Crippen LogP contribution in [0.1, 0.15) is 6.92 Å². The number of piperazine rings is 1. The largest absolute Gasteiger partial charge is 0.367 e. The van der Waals surface area contributed by atoms with Crippen molar-refractivity contribution < 1.29 is 9.18 Å². The van der Waals surface area contributed by atoms with Gasteiger partial charge in [0.25, 0.3) is 0 Å². The summed E-state index contributed by atoms with van der Waals surface area (Å²) in [6.45, 7) is 4.80. The fourth-order valence-corrected chi connectivity index (χ4v) is 3.76. The van der Waals surface area contributed by atoms with Gasteiger partial charge in [-0.05, 0) is 37.4 Å². The maximum absolute atomic E-state index is 14.0. The number of nitrogens with zero attached hydrogens (tertiary/aromatic N) is 2. The fourth-order valence-electron chi connectivity index (χ4n) is 3.21. The van der Waals surface area contributed by atoms with Crippen molar-refractivity contribution in [2.24, 2.45) is 0 Å². The van der Waals surface area contributed by atoms with E-state index in [0.717, 1.165) is 23.7 Å². The lowest BCUT2D eigenvalue weighted by atomic mass is 10.2. The molecule has 0 aromatic heterocycles. The standard InChI is InChI=1S/C20H24FN3OS/c1-15(20(25)22-17-8-4-6-10-19(17)26-2)23-11-13-24(14-12-23)18-9-5-3-7-16(18)21/h3-10,15H,11-14H2,1-2H3,(H,22,25)/t15-/m0/s1. The highest BCUT2D eigenvalue weighted by Gasteiger charge is 2.26. The quantitative estimate of drug-likeness (QED) is 0.811. The van der Waals surface area contributed by atoms with Gasteiger partial charge in [0.2, 0.25) is 5.91 Å². The number of carbonyl (C=O) groups excluding carboxylic acids is 1. The lowest BCUT2D eigenvalue weighted by molar-refractivity contribution is -0.120. The van der Waals surface area contributed by atoms with E-state index >= 15 is 0 Å². The molecular formula is C20H24FN3OS. The Morgan fingerprint density at radius 1 is 1.08 bits per heavy atom. The summed E-state index contributed by atoms with van der Waals surface area (Å²) in [5.41, 5.74) is 1.49. The molecule has 0 radical (unpaired) electrons. The molecule has 6 heteroatoms. The molecule has 1 saturated heterocycles. The molecule has 2 aromatic rings. The maximum atomic E-state index is 14.0. The van der Waals surface area contributed by atoms with Crippen molar-refractivity contribution in [1.29, 1.82) is 0 Å². The third-order valence-electron chi connectivity index (χ3n) is 4.80. The van der Waals surface area contributed by atoms with Crippen LogP contribution in [0.3, 0.4) is 0 Å². The maximum Gasteiger partial charge on any atom is 0.241 e. The van der Waals surface area contributed by atoms with Crippen molar-refractivity contribution in [1.82, 2.24) is 4.90 Å². The van der Waals surface area contributed by atoms with Crippen molar-refractivity contribution in [2.45, 2.75) is 17.9 Å². The number of rotatable bonds is 5. The first-order valence-electron chi connectivity index (χ1n) is 8.77. The molecule has 3 rings (SSSR count). The lowest BCUT2D eigenvalue weighted by Gasteiger charge is -2.38. The number of nitrogens with one attached hydrogen (secondary N) is 1. The smallest absolute Gasteiger partial charge is 0.241 e. The first-order chi connectivity index (χ1) is 12.6. The van der Waals surface area contributed by atoms with E-state index < -0.39 is 0 Å². The average Bonchev–Trinajstić information content (AvgIpc) is 2.68. The molecule has 138 valence electrons. The number of hydrogen-bond donors (Lipinski definition) is 1. The minimum Gasteiger partial charge on any atom is -0.367 e. The fraction of sp³-hybridized carbons (Fsp3) is 0.350. The Balaban J connectivity index is 1.59. The first-order valence-corrected chi connectivity index (χ1v) is 10.00. The van der Waals surface area contributed by atoms with E-state index in [9.17, 15) is 9.18 Å². The van der Waals surface area contributed by atoms with Gasteiger partial charge in [-0.2, -0.15) is 0 Å². The van der Waals surface area contributed by atoms with Gasteiger partial charge in [-0.1, -0.05) is 24.3 Å². The van der Waals surface area contributed by atoms with Crippen LogP contribution in [0.4, 0.5) is 15.8 Å². The van der Waals surface area contributed by atoms with Crippen molar-refractivity contribution in [3.63, 3.8) is 0 Å². The summed E-state index contributed by atoms with van der Waals surface area (Å²) in [7, 11) is 0. The molecule has 1 aliphatic heterocycles. The zero-order chi connectivity index (χ0) is 18.5. The zero-order valence-electron chi connectivity index (χ0n) is 15.1. The predicted octanol–water partition coefficient (Wildman–Crippen LogP) is 3.70. The number of amides is 1. The molecule has 4 nitrogen and oxygen atoms in total. The predicted molar refractivity (Wildman–Crippen MR) is 107 cm³/mol. The monoisotopic (exact) mass is 373 g/mol. The second kappa shape index (κ2) is 8.56. The van der Waals surface area contributed by atoms with Crippen LogP contribution in [0.25, 0.3) is 0 Å². The van der Waals surface area contributed by atoms with Gasteiger partial charge in [-0.3, -0.25) is 9.69 Å². The molecule has 1 heterocycles. The van der Waals surface area contributed by atoms with Gasteiger partial charge in [0.1, 0.15) is 5.82 Å². The van der Waals surface area contributed by atoms with Crippen LogP contribution in [-0.2, 0) is 4.79 Å². The Labute approximate surface area is 158 Å². The second-order valence-corrected chi connectivity index (χ2v) is 7.19. The number of hydrogen-bond acceptors (Lipinski definition) is 4. The molecule has 1 fully saturated rings. The minimum absolute atomic E-state index is 0.00848. The van der Waals surface area contributed by atoms with E-state index in [2.05, 4.69) is 10.2 Å². The summed E-state index contributed by atoms with van der Waals surface area (Å²) in [6.07, 6.45) is 2.00. The van der Waals surface area contributed by atoms with Crippen molar-refractivity contribution in [3.05, 3.63) is 54.3 Å². The van der Waals surface area contributed by atoms with Crippen molar-refractivity contribution in [3.8, 4) is 0 Å². The Kier molecular flexibility index (Phi) is 6.16. The summed E-state index contributed by atoms with van der Waals surface area (Å²) in [5.74, 6) is -0.203. The highest BCUT2D eigenvalue weighted by molar-refractivity contribution is 7.98. The average molecular weight is 373 g/mol. The van der Waals surface area contributed by atoms with Gasteiger partial charge in [0.15, 0.2) is 0 Å². The van der Waals surface area contributed by atoms with Crippen LogP contribution in [0.15, 0.2) is 53.4 Å². The van der Waals surface area contributed by atoms with Crippen LogP contribution in [-0.4, -0.2) is 49.3 Å². The lowest BCUT2D eigenvalue weighted by Crippen LogP contribution is -2.53. The number of para-hydroxylation sites is 2. The van der Waals surface area contributed by atoms with E-state index in [4.69, 9.17) is 0 Å². The molecule has 26 heavy (non-hydrogen) atoms. The minimum atomic E-state index is -0.229. The third-order valence-corrected chi connectivity index (χ3v) is 5.60. The van der Waals surface area contributed by atoms with Gasteiger partial charge in [0, 0.05) is 31.1 Å². The number of carbonyl (C=O) groups is 1. The Morgan fingerprint density at radius 3 is 2.42 bits per heavy atom. The summed E-state index contributed by atoms with van der Waals surface area (Å²) in [4.78, 5) is 17.9. The van der Waals surface area contributed by atoms with Gasteiger partial charge >= 0.3 is 0 Å².